The molecule has 94 valence electrons. The van der Waals surface area contributed by atoms with E-state index >= 15 is 0 Å². The molecule has 0 bridgehead atoms. The molecule has 2 aromatic rings. The summed E-state index contributed by atoms with van der Waals surface area (Å²) in [6, 6.07) is 6.70. The van der Waals surface area contributed by atoms with Gasteiger partial charge in [-0.15, -0.1) is 11.3 Å². The second-order valence-corrected chi connectivity index (χ2v) is 5.57. The van der Waals surface area contributed by atoms with Crippen LogP contribution in [0, 0.1) is 6.92 Å². The molecule has 0 fully saturated rings. The number of aromatic nitrogens is 1. The molecule has 4 heteroatoms. The van der Waals surface area contributed by atoms with Gasteiger partial charge in [0, 0.05) is 30.2 Å². The molecule has 1 aromatic carbocycles. The zero-order valence-corrected chi connectivity index (χ0v) is 11.3. The van der Waals surface area contributed by atoms with Crippen molar-refractivity contribution in [2.75, 3.05) is 11.9 Å². The SMILES string of the molecule is Cc1ncsc1CNCc1ccc2c(c1)CCN2. The van der Waals surface area contributed by atoms with Gasteiger partial charge in [0.1, 0.15) is 0 Å². The Hall–Kier alpha value is -1.39. The van der Waals surface area contributed by atoms with Crippen molar-refractivity contribution < 1.29 is 0 Å². The summed E-state index contributed by atoms with van der Waals surface area (Å²) in [5.41, 5.74) is 7.17. The molecule has 3 rings (SSSR count). The molecule has 0 aliphatic carbocycles. The predicted octanol–water partition coefficient (Wildman–Crippen LogP) is 2.71. The van der Waals surface area contributed by atoms with Gasteiger partial charge in [0.05, 0.1) is 11.2 Å². The quantitative estimate of drug-likeness (QED) is 0.886. The largest absolute Gasteiger partial charge is 0.384 e. The minimum absolute atomic E-state index is 0.909. The third-order valence-corrected chi connectivity index (χ3v) is 4.27. The summed E-state index contributed by atoms with van der Waals surface area (Å²) in [6.45, 7) is 4.97. The van der Waals surface area contributed by atoms with E-state index in [1.807, 2.05) is 5.51 Å². The summed E-state index contributed by atoms with van der Waals surface area (Å²) in [4.78, 5) is 5.59. The lowest BCUT2D eigenvalue weighted by Crippen LogP contribution is -2.12. The first-order valence-electron chi connectivity index (χ1n) is 6.28. The van der Waals surface area contributed by atoms with Crippen molar-refractivity contribution in [2.45, 2.75) is 26.4 Å². The van der Waals surface area contributed by atoms with Crippen LogP contribution in [0.3, 0.4) is 0 Å². The molecule has 1 aromatic heterocycles. The molecule has 0 saturated carbocycles. The third-order valence-electron chi connectivity index (χ3n) is 3.34. The van der Waals surface area contributed by atoms with Crippen molar-refractivity contribution in [2.24, 2.45) is 0 Å². The lowest BCUT2D eigenvalue weighted by molar-refractivity contribution is 0.696. The van der Waals surface area contributed by atoms with Crippen LogP contribution in [0.15, 0.2) is 23.7 Å². The maximum Gasteiger partial charge on any atom is 0.0798 e. The van der Waals surface area contributed by atoms with Crippen LogP contribution in [-0.2, 0) is 19.5 Å². The van der Waals surface area contributed by atoms with Crippen molar-refractivity contribution in [3.63, 3.8) is 0 Å². The van der Waals surface area contributed by atoms with Gasteiger partial charge >= 0.3 is 0 Å². The maximum atomic E-state index is 4.26. The van der Waals surface area contributed by atoms with Crippen LogP contribution in [0.5, 0.6) is 0 Å². The Balaban J connectivity index is 1.59. The number of fused-ring (bicyclic) bond motifs is 1. The highest BCUT2D eigenvalue weighted by atomic mass is 32.1. The highest BCUT2D eigenvalue weighted by Crippen LogP contribution is 2.23. The maximum absolute atomic E-state index is 4.26. The second-order valence-electron chi connectivity index (χ2n) is 4.63. The van der Waals surface area contributed by atoms with Gasteiger partial charge in [0.15, 0.2) is 0 Å². The number of anilines is 1. The molecular formula is C14H17N3S. The van der Waals surface area contributed by atoms with Crippen LogP contribution in [0.4, 0.5) is 5.69 Å². The molecule has 0 unspecified atom stereocenters. The van der Waals surface area contributed by atoms with E-state index in [1.165, 1.54) is 21.7 Å². The molecule has 0 radical (unpaired) electrons. The highest BCUT2D eigenvalue weighted by molar-refractivity contribution is 7.09. The first kappa shape index (κ1) is 11.7. The fourth-order valence-corrected chi connectivity index (χ4v) is 3.03. The number of thiazole rings is 1. The molecule has 2 heterocycles. The average molecular weight is 259 g/mol. The number of rotatable bonds is 4. The van der Waals surface area contributed by atoms with Crippen LogP contribution < -0.4 is 10.6 Å². The van der Waals surface area contributed by atoms with Gasteiger partial charge in [-0.1, -0.05) is 12.1 Å². The number of benzene rings is 1. The number of aryl methyl sites for hydroxylation is 1. The van der Waals surface area contributed by atoms with E-state index in [2.05, 4.69) is 40.7 Å². The molecule has 1 aliphatic heterocycles. The van der Waals surface area contributed by atoms with Gasteiger partial charge in [0.25, 0.3) is 0 Å². The molecular weight excluding hydrogens is 242 g/mol. The lowest BCUT2D eigenvalue weighted by atomic mass is 10.1. The minimum Gasteiger partial charge on any atom is -0.384 e. The van der Waals surface area contributed by atoms with Crippen molar-refractivity contribution >= 4 is 17.0 Å². The Kier molecular flexibility index (Phi) is 3.30. The van der Waals surface area contributed by atoms with Gasteiger partial charge < -0.3 is 10.6 Å². The third kappa shape index (κ3) is 2.40. The van der Waals surface area contributed by atoms with Crippen LogP contribution >= 0.6 is 11.3 Å². The monoisotopic (exact) mass is 259 g/mol. The molecule has 0 saturated heterocycles. The van der Waals surface area contributed by atoms with E-state index < -0.39 is 0 Å². The van der Waals surface area contributed by atoms with E-state index in [0.29, 0.717) is 0 Å². The summed E-state index contributed by atoms with van der Waals surface area (Å²) in [5.74, 6) is 0. The molecule has 0 atom stereocenters. The van der Waals surface area contributed by atoms with Gasteiger partial charge in [0.2, 0.25) is 0 Å². The van der Waals surface area contributed by atoms with Crippen molar-refractivity contribution in [1.29, 1.82) is 0 Å². The summed E-state index contributed by atoms with van der Waals surface area (Å²) in [7, 11) is 0. The molecule has 1 aliphatic rings. The molecule has 18 heavy (non-hydrogen) atoms. The molecule has 0 amide bonds. The first-order chi connectivity index (χ1) is 8.83. The Bertz CT molecular complexity index is 548. The van der Waals surface area contributed by atoms with E-state index in [1.54, 1.807) is 11.3 Å². The Morgan fingerprint density at radius 2 is 2.33 bits per heavy atom. The van der Waals surface area contributed by atoms with E-state index in [9.17, 15) is 0 Å². The Morgan fingerprint density at radius 3 is 3.17 bits per heavy atom. The molecule has 0 spiro atoms. The highest BCUT2D eigenvalue weighted by Gasteiger charge is 2.09. The van der Waals surface area contributed by atoms with Gasteiger partial charge in [-0.05, 0) is 30.5 Å². The fourth-order valence-electron chi connectivity index (χ4n) is 2.28. The molecule has 3 nitrogen and oxygen atoms in total. The Labute approximate surface area is 111 Å². The van der Waals surface area contributed by atoms with Crippen molar-refractivity contribution in [3.8, 4) is 0 Å². The summed E-state index contributed by atoms with van der Waals surface area (Å²) in [6.07, 6.45) is 1.15. The topological polar surface area (TPSA) is 37.0 Å². The zero-order valence-electron chi connectivity index (χ0n) is 10.5. The van der Waals surface area contributed by atoms with E-state index in [-0.39, 0.29) is 0 Å². The van der Waals surface area contributed by atoms with Gasteiger partial charge in [-0.25, -0.2) is 4.98 Å². The summed E-state index contributed by atoms with van der Waals surface area (Å²) < 4.78 is 0. The summed E-state index contributed by atoms with van der Waals surface area (Å²) >= 11 is 1.72. The fraction of sp³-hybridized carbons (Fsp3) is 0.357. The minimum atomic E-state index is 0.909. The smallest absolute Gasteiger partial charge is 0.0798 e. The number of hydrogen-bond donors (Lipinski definition) is 2. The van der Waals surface area contributed by atoms with E-state index in [4.69, 9.17) is 0 Å². The zero-order chi connectivity index (χ0) is 12.4. The Morgan fingerprint density at radius 1 is 1.39 bits per heavy atom. The van der Waals surface area contributed by atoms with Gasteiger partial charge in [-0.3, -0.25) is 0 Å². The number of nitrogens with one attached hydrogen (secondary N) is 2. The second kappa shape index (κ2) is 5.08. The number of hydrogen-bond acceptors (Lipinski definition) is 4. The first-order valence-corrected chi connectivity index (χ1v) is 7.16. The van der Waals surface area contributed by atoms with Crippen molar-refractivity contribution in [3.05, 3.63) is 45.4 Å². The number of nitrogens with zero attached hydrogens (tertiary/aromatic N) is 1. The normalized spacial score (nSPS) is 13.4. The van der Waals surface area contributed by atoms with Crippen LogP contribution in [0.1, 0.15) is 21.7 Å². The van der Waals surface area contributed by atoms with Gasteiger partial charge in [-0.2, -0.15) is 0 Å². The standard InChI is InChI=1S/C14H17N3S/c1-10-14(18-9-17-10)8-15-7-11-2-3-13-12(6-11)4-5-16-13/h2-3,6,9,15-16H,4-5,7-8H2,1H3. The predicted molar refractivity (Wildman–Crippen MR) is 76.0 cm³/mol. The van der Waals surface area contributed by atoms with Crippen LogP contribution in [-0.4, -0.2) is 11.5 Å². The van der Waals surface area contributed by atoms with Crippen LogP contribution in [0.25, 0.3) is 0 Å². The van der Waals surface area contributed by atoms with Crippen molar-refractivity contribution in [1.82, 2.24) is 10.3 Å². The average Bonchev–Trinajstić information content (AvgIpc) is 2.98. The van der Waals surface area contributed by atoms with E-state index in [0.717, 1.165) is 31.7 Å². The lowest BCUT2D eigenvalue weighted by Gasteiger charge is -2.06. The van der Waals surface area contributed by atoms with Crippen LogP contribution in [0.2, 0.25) is 0 Å². The summed E-state index contributed by atoms with van der Waals surface area (Å²) in [5, 5.41) is 6.87. The molecule has 2 N–H and O–H groups in total.